The summed E-state index contributed by atoms with van der Waals surface area (Å²) in [4.78, 5) is 29.0. The Kier molecular flexibility index (Phi) is 4.26. The van der Waals surface area contributed by atoms with Gasteiger partial charge in [-0.15, -0.1) is 0 Å². The molecular weight excluding hydrogens is 310 g/mol. The Balaban J connectivity index is 1.77. The van der Waals surface area contributed by atoms with Gasteiger partial charge in [-0.3, -0.25) is 14.2 Å². The van der Waals surface area contributed by atoms with Crippen molar-refractivity contribution in [3.63, 3.8) is 0 Å². The van der Waals surface area contributed by atoms with Gasteiger partial charge in [0.2, 0.25) is 5.91 Å². The molecule has 1 amide bonds. The molecule has 6 heteroatoms. The molecule has 0 bridgehead atoms. The van der Waals surface area contributed by atoms with Gasteiger partial charge >= 0.3 is 0 Å². The van der Waals surface area contributed by atoms with Crippen molar-refractivity contribution in [2.75, 3.05) is 11.1 Å². The molecule has 0 fully saturated rings. The third-order valence-corrected chi connectivity index (χ3v) is 5.30. The van der Waals surface area contributed by atoms with Gasteiger partial charge in [-0.25, -0.2) is 4.98 Å². The molecule has 2 heterocycles. The molecule has 1 aliphatic heterocycles. The van der Waals surface area contributed by atoms with Gasteiger partial charge in [0.05, 0.1) is 5.92 Å². The number of thioether (sulfide) groups is 1. The fourth-order valence-electron chi connectivity index (χ4n) is 2.52. The van der Waals surface area contributed by atoms with Crippen molar-refractivity contribution in [3.8, 4) is 0 Å². The summed E-state index contributed by atoms with van der Waals surface area (Å²) in [5, 5.41) is 3.65. The van der Waals surface area contributed by atoms with E-state index in [0.29, 0.717) is 23.0 Å². The molecule has 5 nitrogen and oxygen atoms in total. The van der Waals surface area contributed by atoms with Gasteiger partial charge in [0.1, 0.15) is 0 Å². The minimum atomic E-state index is -0.240. The van der Waals surface area contributed by atoms with Gasteiger partial charge in [-0.2, -0.15) is 0 Å². The van der Waals surface area contributed by atoms with E-state index in [2.05, 4.69) is 10.3 Å². The number of hydrogen-bond acceptors (Lipinski definition) is 4. The molecule has 1 aromatic carbocycles. The van der Waals surface area contributed by atoms with Crippen molar-refractivity contribution >= 4 is 23.4 Å². The lowest BCUT2D eigenvalue weighted by molar-refractivity contribution is -0.119. The highest BCUT2D eigenvalue weighted by molar-refractivity contribution is 7.99. The minimum absolute atomic E-state index is 0.0557. The first-order valence-corrected chi connectivity index (χ1v) is 8.51. The second-order valence-corrected chi connectivity index (χ2v) is 6.92. The van der Waals surface area contributed by atoms with Crippen LogP contribution in [-0.2, 0) is 11.3 Å². The number of carbonyl (C=O) groups excluding carboxylic acids is 1. The maximum atomic E-state index is 12.5. The predicted molar refractivity (Wildman–Crippen MR) is 92.0 cm³/mol. The van der Waals surface area contributed by atoms with E-state index in [1.807, 2.05) is 32.0 Å². The standard InChI is InChI=1S/C17H19N3O2S/c1-10-4-5-14(6-11(10)2)19-15(21)13-8-20-16(22)12(3)7-18-17(20)23-9-13/h4-7,13H,8-9H2,1-3H3,(H,19,21). The summed E-state index contributed by atoms with van der Waals surface area (Å²) in [5.41, 5.74) is 3.67. The maximum absolute atomic E-state index is 12.5. The van der Waals surface area contributed by atoms with Crippen LogP contribution in [0.5, 0.6) is 0 Å². The van der Waals surface area contributed by atoms with E-state index in [0.717, 1.165) is 11.3 Å². The Hall–Kier alpha value is -2.08. The first kappa shape index (κ1) is 15.8. The Labute approximate surface area is 139 Å². The topological polar surface area (TPSA) is 64.0 Å². The van der Waals surface area contributed by atoms with Crippen LogP contribution in [0.3, 0.4) is 0 Å². The van der Waals surface area contributed by atoms with Crippen LogP contribution >= 0.6 is 11.8 Å². The number of nitrogens with zero attached hydrogens (tertiary/aromatic N) is 2. The fourth-order valence-corrected chi connectivity index (χ4v) is 3.57. The third kappa shape index (κ3) is 3.17. The van der Waals surface area contributed by atoms with E-state index in [1.54, 1.807) is 17.7 Å². The normalized spacial score (nSPS) is 16.7. The first-order valence-electron chi connectivity index (χ1n) is 7.53. The predicted octanol–water partition coefficient (Wildman–Crippen LogP) is 2.53. The van der Waals surface area contributed by atoms with Crippen molar-refractivity contribution in [2.24, 2.45) is 5.92 Å². The molecule has 0 saturated heterocycles. The Bertz CT molecular complexity index is 829. The van der Waals surface area contributed by atoms with Gasteiger partial charge in [0.25, 0.3) is 5.56 Å². The zero-order valence-electron chi connectivity index (χ0n) is 13.4. The maximum Gasteiger partial charge on any atom is 0.257 e. The summed E-state index contributed by atoms with van der Waals surface area (Å²) >= 11 is 1.46. The fraction of sp³-hybridized carbons (Fsp3) is 0.353. The van der Waals surface area contributed by atoms with Crippen LogP contribution in [0.4, 0.5) is 5.69 Å². The Morgan fingerprint density at radius 2 is 2.04 bits per heavy atom. The lowest BCUT2D eigenvalue weighted by Crippen LogP contribution is -2.37. The summed E-state index contributed by atoms with van der Waals surface area (Å²) in [5.74, 6) is 0.335. The number of aryl methyl sites for hydroxylation is 3. The summed E-state index contributed by atoms with van der Waals surface area (Å²) in [6, 6.07) is 5.87. The van der Waals surface area contributed by atoms with Crippen molar-refractivity contribution in [1.29, 1.82) is 0 Å². The van der Waals surface area contributed by atoms with Crippen molar-refractivity contribution in [3.05, 3.63) is 51.4 Å². The van der Waals surface area contributed by atoms with E-state index in [-0.39, 0.29) is 17.4 Å². The van der Waals surface area contributed by atoms with Crippen LogP contribution < -0.4 is 10.9 Å². The van der Waals surface area contributed by atoms with Gasteiger partial charge in [-0.05, 0) is 44.0 Å². The van der Waals surface area contributed by atoms with Crippen molar-refractivity contribution < 1.29 is 4.79 Å². The second kappa shape index (κ2) is 6.20. The molecule has 0 saturated carbocycles. The monoisotopic (exact) mass is 329 g/mol. The van der Waals surface area contributed by atoms with E-state index >= 15 is 0 Å². The van der Waals surface area contributed by atoms with Crippen molar-refractivity contribution in [2.45, 2.75) is 32.5 Å². The quantitative estimate of drug-likeness (QED) is 0.860. The summed E-state index contributed by atoms with van der Waals surface area (Å²) in [7, 11) is 0. The number of anilines is 1. The minimum Gasteiger partial charge on any atom is -0.326 e. The molecular formula is C17H19N3O2S. The molecule has 1 atom stereocenters. The van der Waals surface area contributed by atoms with Gasteiger partial charge in [0.15, 0.2) is 5.16 Å². The average molecular weight is 329 g/mol. The number of aromatic nitrogens is 2. The number of rotatable bonds is 2. The Morgan fingerprint density at radius 1 is 1.26 bits per heavy atom. The molecule has 1 N–H and O–H groups in total. The molecule has 120 valence electrons. The van der Waals surface area contributed by atoms with Crippen LogP contribution in [-0.4, -0.2) is 21.2 Å². The van der Waals surface area contributed by atoms with Crippen molar-refractivity contribution in [1.82, 2.24) is 9.55 Å². The van der Waals surface area contributed by atoms with E-state index in [9.17, 15) is 9.59 Å². The zero-order chi connectivity index (χ0) is 16.6. The highest BCUT2D eigenvalue weighted by Gasteiger charge is 2.27. The van der Waals surface area contributed by atoms with Gasteiger partial charge in [-0.1, -0.05) is 17.8 Å². The number of carbonyl (C=O) groups is 1. The van der Waals surface area contributed by atoms with Crippen LogP contribution in [0.15, 0.2) is 34.3 Å². The summed E-state index contributed by atoms with van der Waals surface area (Å²) in [6.07, 6.45) is 1.59. The van der Waals surface area contributed by atoms with Crippen LogP contribution in [0.25, 0.3) is 0 Å². The molecule has 0 radical (unpaired) electrons. The average Bonchev–Trinajstić information content (AvgIpc) is 2.54. The molecule has 1 unspecified atom stereocenters. The van der Waals surface area contributed by atoms with Gasteiger partial charge < -0.3 is 5.32 Å². The van der Waals surface area contributed by atoms with Crippen LogP contribution in [0.2, 0.25) is 0 Å². The number of hydrogen-bond donors (Lipinski definition) is 1. The van der Waals surface area contributed by atoms with E-state index < -0.39 is 0 Å². The number of nitrogens with one attached hydrogen (secondary N) is 1. The second-order valence-electron chi connectivity index (χ2n) is 5.94. The molecule has 1 aliphatic rings. The highest BCUT2D eigenvalue weighted by atomic mass is 32.2. The molecule has 0 spiro atoms. The van der Waals surface area contributed by atoms with E-state index in [1.165, 1.54) is 17.3 Å². The lowest BCUT2D eigenvalue weighted by Gasteiger charge is -2.24. The highest BCUT2D eigenvalue weighted by Crippen LogP contribution is 2.26. The lowest BCUT2D eigenvalue weighted by atomic mass is 10.1. The number of fused-ring (bicyclic) bond motifs is 1. The summed E-state index contributed by atoms with van der Waals surface area (Å²) in [6.45, 7) is 6.18. The molecule has 0 aliphatic carbocycles. The molecule has 2 aromatic rings. The van der Waals surface area contributed by atoms with Crippen LogP contribution in [0, 0.1) is 26.7 Å². The first-order chi connectivity index (χ1) is 11.0. The van der Waals surface area contributed by atoms with E-state index in [4.69, 9.17) is 0 Å². The number of benzene rings is 1. The van der Waals surface area contributed by atoms with Gasteiger partial charge in [0, 0.05) is 29.7 Å². The third-order valence-electron chi connectivity index (χ3n) is 4.14. The SMILES string of the molecule is Cc1ccc(NC(=O)C2CSc3ncc(C)c(=O)n3C2)cc1C. The Morgan fingerprint density at radius 3 is 2.78 bits per heavy atom. The van der Waals surface area contributed by atoms with Crippen LogP contribution in [0.1, 0.15) is 16.7 Å². The largest absolute Gasteiger partial charge is 0.326 e. The molecule has 23 heavy (non-hydrogen) atoms. The summed E-state index contributed by atoms with van der Waals surface area (Å²) < 4.78 is 1.61. The zero-order valence-corrected chi connectivity index (χ0v) is 14.2. The molecule has 1 aromatic heterocycles. The molecule has 3 rings (SSSR count). The smallest absolute Gasteiger partial charge is 0.257 e. The number of amides is 1.